The average molecular weight is 319 g/mol. The third-order valence-electron chi connectivity index (χ3n) is 2.80. The highest BCUT2D eigenvalue weighted by Crippen LogP contribution is 2.19. The Morgan fingerprint density at radius 1 is 1.26 bits per heavy atom. The van der Waals surface area contributed by atoms with Crippen molar-refractivity contribution in [3.63, 3.8) is 0 Å². The molecule has 0 fully saturated rings. The van der Waals surface area contributed by atoms with Crippen LogP contribution in [-0.2, 0) is 0 Å². The normalized spacial score (nSPS) is 10.5. The molecular formula is C15H15BrN2O. The molecule has 0 spiro atoms. The van der Waals surface area contributed by atoms with E-state index in [1.54, 1.807) is 18.3 Å². The van der Waals surface area contributed by atoms with Gasteiger partial charge in [-0.3, -0.25) is 4.79 Å². The Balaban J connectivity index is 2.14. The maximum atomic E-state index is 12.0. The Kier molecular flexibility index (Phi) is 4.32. The standard InChI is InChI=1S/C15H15BrN2O/c1-10(2)11-4-3-5-13(8-11)18-15(19)12-6-7-14(16)17-9-12/h3-10H,1-2H3,(H,18,19). The fourth-order valence-corrected chi connectivity index (χ4v) is 1.92. The van der Waals surface area contributed by atoms with Gasteiger partial charge in [-0.1, -0.05) is 26.0 Å². The summed E-state index contributed by atoms with van der Waals surface area (Å²) in [6, 6.07) is 11.4. The second kappa shape index (κ2) is 5.97. The summed E-state index contributed by atoms with van der Waals surface area (Å²) >= 11 is 3.24. The van der Waals surface area contributed by atoms with Crippen LogP contribution in [0, 0.1) is 0 Å². The second-order valence-electron chi connectivity index (χ2n) is 4.60. The smallest absolute Gasteiger partial charge is 0.257 e. The highest BCUT2D eigenvalue weighted by molar-refractivity contribution is 9.10. The number of halogens is 1. The zero-order valence-corrected chi connectivity index (χ0v) is 12.4. The van der Waals surface area contributed by atoms with E-state index >= 15 is 0 Å². The number of anilines is 1. The van der Waals surface area contributed by atoms with Gasteiger partial charge in [0.15, 0.2) is 0 Å². The average Bonchev–Trinajstić information content (AvgIpc) is 2.39. The van der Waals surface area contributed by atoms with Crippen LogP contribution in [0.15, 0.2) is 47.2 Å². The van der Waals surface area contributed by atoms with Gasteiger partial charge in [0.1, 0.15) is 4.60 Å². The number of carbonyl (C=O) groups excluding carboxylic acids is 1. The Morgan fingerprint density at radius 3 is 2.68 bits per heavy atom. The molecule has 2 rings (SSSR count). The summed E-state index contributed by atoms with van der Waals surface area (Å²) in [6.45, 7) is 4.25. The molecule has 0 saturated heterocycles. The first-order valence-electron chi connectivity index (χ1n) is 6.09. The lowest BCUT2D eigenvalue weighted by atomic mass is 10.0. The lowest BCUT2D eigenvalue weighted by molar-refractivity contribution is 0.102. The molecule has 0 aliphatic heterocycles. The predicted molar refractivity (Wildman–Crippen MR) is 80.4 cm³/mol. The number of nitrogens with zero attached hydrogens (tertiary/aromatic N) is 1. The SMILES string of the molecule is CC(C)c1cccc(NC(=O)c2ccc(Br)nc2)c1. The minimum Gasteiger partial charge on any atom is -0.322 e. The van der Waals surface area contributed by atoms with Crippen molar-refractivity contribution in [2.75, 3.05) is 5.32 Å². The molecule has 1 N–H and O–H groups in total. The maximum Gasteiger partial charge on any atom is 0.257 e. The molecule has 0 radical (unpaired) electrons. The van der Waals surface area contributed by atoms with Crippen LogP contribution in [-0.4, -0.2) is 10.9 Å². The summed E-state index contributed by atoms with van der Waals surface area (Å²) in [6.07, 6.45) is 1.55. The fourth-order valence-electron chi connectivity index (χ4n) is 1.69. The van der Waals surface area contributed by atoms with E-state index in [9.17, 15) is 4.79 Å². The predicted octanol–water partition coefficient (Wildman–Crippen LogP) is 4.22. The number of nitrogens with one attached hydrogen (secondary N) is 1. The number of aromatic nitrogens is 1. The van der Waals surface area contributed by atoms with E-state index < -0.39 is 0 Å². The van der Waals surface area contributed by atoms with E-state index in [1.807, 2.05) is 18.2 Å². The van der Waals surface area contributed by atoms with Gasteiger partial charge in [-0.25, -0.2) is 4.98 Å². The van der Waals surface area contributed by atoms with Crippen molar-refractivity contribution in [2.45, 2.75) is 19.8 Å². The molecule has 3 nitrogen and oxygen atoms in total. The van der Waals surface area contributed by atoms with Gasteiger partial charge in [-0.05, 0) is 51.7 Å². The fraction of sp³-hybridized carbons (Fsp3) is 0.200. The van der Waals surface area contributed by atoms with Crippen LogP contribution >= 0.6 is 15.9 Å². The van der Waals surface area contributed by atoms with Crippen LogP contribution in [0.3, 0.4) is 0 Å². The quantitative estimate of drug-likeness (QED) is 0.861. The van der Waals surface area contributed by atoms with E-state index in [1.165, 1.54) is 5.56 Å². The molecular weight excluding hydrogens is 304 g/mol. The molecule has 0 aliphatic rings. The van der Waals surface area contributed by atoms with Crippen LogP contribution in [0.2, 0.25) is 0 Å². The summed E-state index contributed by atoms with van der Waals surface area (Å²) in [5.74, 6) is 0.284. The van der Waals surface area contributed by atoms with E-state index in [0.29, 0.717) is 16.1 Å². The van der Waals surface area contributed by atoms with Crippen LogP contribution < -0.4 is 5.32 Å². The number of hydrogen-bond donors (Lipinski definition) is 1. The van der Waals surface area contributed by atoms with E-state index in [2.05, 4.69) is 46.1 Å². The summed E-state index contributed by atoms with van der Waals surface area (Å²) in [7, 11) is 0. The molecule has 1 amide bonds. The van der Waals surface area contributed by atoms with Crippen LogP contribution in [0.4, 0.5) is 5.69 Å². The lowest BCUT2D eigenvalue weighted by Gasteiger charge is -2.09. The van der Waals surface area contributed by atoms with Crippen LogP contribution in [0.5, 0.6) is 0 Å². The molecule has 1 aromatic heterocycles. The van der Waals surface area contributed by atoms with Crippen molar-refractivity contribution in [1.82, 2.24) is 4.98 Å². The Labute approximate surface area is 121 Å². The highest BCUT2D eigenvalue weighted by Gasteiger charge is 2.07. The van der Waals surface area contributed by atoms with Gasteiger partial charge in [0.25, 0.3) is 5.91 Å². The number of benzene rings is 1. The molecule has 19 heavy (non-hydrogen) atoms. The molecule has 98 valence electrons. The molecule has 1 heterocycles. The van der Waals surface area contributed by atoms with Gasteiger partial charge in [-0.2, -0.15) is 0 Å². The first kappa shape index (κ1) is 13.7. The number of pyridine rings is 1. The summed E-state index contributed by atoms with van der Waals surface area (Å²) in [5.41, 5.74) is 2.55. The molecule has 0 unspecified atom stereocenters. The van der Waals surface area contributed by atoms with Crippen molar-refractivity contribution >= 4 is 27.5 Å². The number of carbonyl (C=O) groups is 1. The van der Waals surface area contributed by atoms with Crippen molar-refractivity contribution < 1.29 is 4.79 Å². The minimum atomic E-state index is -0.152. The number of amides is 1. The van der Waals surface area contributed by atoms with E-state index in [-0.39, 0.29) is 5.91 Å². The Bertz CT molecular complexity index is 579. The third kappa shape index (κ3) is 3.64. The molecule has 2 aromatic rings. The van der Waals surface area contributed by atoms with Gasteiger partial charge >= 0.3 is 0 Å². The summed E-state index contributed by atoms with van der Waals surface area (Å²) < 4.78 is 0.714. The van der Waals surface area contributed by atoms with Crippen LogP contribution in [0.25, 0.3) is 0 Å². The molecule has 0 atom stereocenters. The molecule has 4 heteroatoms. The van der Waals surface area contributed by atoms with Gasteiger partial charge < -0.3 is 5.32 Å². The van der Waals surface area contributed by atoms with Gasteiger partial charge in [0.2, 0.25) is 0 Å². The maximum absolute atomic E-state index is 12.0. The topological polar surface area (TPSA) is 42.0 Å². The van der Waals surface area contributed by atoms with Crippen molar-refractivity contribution in [3.05, 3.63) is 58.3 Å². The number of rotatable bonds is 3. The Hall–Kier alpha value is -1.68. The molecule has 0 saturated carbocycles. The summed E-state index contributed by atoms with van der Waals surface area (Å²) in [5, 5.41) is 2.88. The zero-order chi connectivity index (χ0) is 13.8. The Morgan fingerprint density at radius 2 is 2.05 bits per heavy atom. The highest BCUT2D eigenvalue weighted by atomic mass is 79.9. The summed E-state index contributed by atoms with van der Waals surface area (Å²) in [4.78, 5) is 16.1. The zero-order valence-electron chi connectivity index (χ0n) is 10.9. The number of hydrogen-bond acceptors (Lipinski definition) is 2. The second-order valence-corrected chi connectivity index (χ2v) is 5.42. The van der Waals surface area contributed by atoms with E-state index in [0.717, 1.165) is 5.69 Å². The first-order chi connectivity index (χ1) is 9.06. The first-order valence-corrected chi connectivity index (χ1v) is 6.88. The van der Waals surface area contributed by atoms with Gasteiger partial charge in [0, 0.05) is 11.9 Å². The minimum absolute atomic E-state index is 0.152. The largest absolute Gasteiger partial charge is 0.322 e. The lowest BCUT2D eigenvalue weighted by Crippen LogP contribution is -2.12. The monoisotopic (exact) mass is 318 g/mol. The van der Waals surface area contributed by atoms with E-state index in [4.69, 9.17) is 0 Å². The van der Waals surface area contributed by atoms with Crippen molar-refractivity contribution in [3.8, 4) is 0 Å². The molecule has 0 aliphatic carbocycles. The van der Waals surface area contributed by atoms with Crippen LogP contribution in [0.1, 0.15) is 35.7 Å². The molecule has 0 bridgehead atoms. The van der Waals surface area contributed by atoms with Gasteiger partial charge in [0.05, 0.1) is 5.56 Å². The van der Waals surface area contributed by atoms with Crippen molar-refractivity contribution in [1.29, 1.82) is 0 Å². The van der Waals surface area contributed by atoms with Crippen molar-refractivity contribution in [2.24, 2.45) is 0 Å². The van der Waals surface area contributed by atoms with Gasteiger partial charge in [-0.15, -0.1) is 0 Å². The third-order valence-corrected chi connectivity index (χ3v) is 3.27. The molecule has 1 aromatic carbocycles.